The van der Waals surface area contributed by atoms with Crippen LogP contribution in [0.15, 0.2) is 18.2 Å². The van der Waals surface area contributed by atoms with Gasteiger partial charge in [0.1, 0.15) is 11.9 Å². The molecule has 1 aliphatic heterocycles. The van der Waals surface area contributed by atoms with Gasteiger partial charge in [-0.15, -0.1) is 0 Å². The molecule has 1 aromatic carbocycles. The van der Waals surface area contributed by atoms with Gasteiger partial charge in [-0.3, -0.25) is 0 Å². The summed E-state index contributed by atoms with van der Waals surface area (Å²) in [4.78, 5) is 2.27. The number of ether oxygens (including phenoxy) is 1. The van der Waals surface area contributed by atoms with Gasteiger partial charge in [0, 0.05) is 13.6 Å². The Kier molecular flexibility index (Phi) is 3.29. The minimum absolute atomic E-state index is 0.0809. The lowest BCUT2D eigenvalue weighted by Crippen LogP contribution is -2.49. The van der Waals surface area contributed by atoms with Crippen molar-refractivity contribution in [2.24, 2.45) is 5.73 Å². The molecule has 1 aliphatic rings. The molecule has 2 N–H and O–H groups in total. The Bertz CT molecular complexity index is 403. The van der Waals surface area contributed by atoms with Crippen molar-refractivity contribution in [3.05, 3.63) is 23.8 Å². The Labute approximate surface area is 104 Å². The van der Waals surface area contributed by atoms with E-state index in [0.29, 0.717) is 18.5 Å². The topological polar surface area (TPSA) is 38.5 Å². The summed E-state index contributed by atoms with van der Waals surface area (Å²) >= 11 is 0. The number of rotatable bonds is 2. The van der Waals surface area contributed by atoms with Gasteiger partial charge in [-0.25, -0.2) is 0 Å². The number of anilines is 1. The first kappa shape index (κ1) is 12.2. The van der Waals surface area contributed by atoms with Crippen LogP contribution < -0.4 is 15.4 Å². The molecule has 0 saturated heterocycles. The second-order valence-corrected chi connectivity index (χ2v) is 5.13. The van der Waals surface area contributed by atoms with Crippen molar-refractivity contribution in [2.45, 2.75) is 38.8 Å². The van der Waals surface area contributed by atoms with Crippen LogP contribution in [0.25, 0.3) is 0 Å². The van der Waals surface area contributed by atoms with E-state index in [1.54, 1.807) is 0 Å². The Balaban J connectivity index is 2.39. The molecule has 94 valence electrons. The molecule has 3 heteroatoms. The van der Waals surface area contributed by atoms with Gasteiger partial charge in [0.2, 0.25) is 0 Å². The predicted molar refractivity (Wildman–Crippen MR) is 71.9 cm³/mol. The van der Waals surface area contributed by atoms with Crippen LogP contribution >= 0.6 is 0 Å². The molecule has 1 heterocycles. The smallest absolute Gasteiger partial charge is 0.143 e. The van der Waals surface area contributed by atoms with E-state index in [9.17, 15) is 0 Å². The molecule has 0 saturated carbocycles. The zero-order valence-corrected chi connectivity index (χ0v) is 11.1. The standard InChI is InChI=1S/C14H22N2O/c1-9(2)11-5-6-13-12(7-11)16(4)10(3)14(8-15)17-13/h5-7,9-10,14H,8,15H2,1-4H3. The average molecular weight is 234 g/mol. The first-order chi connectivity index (χ1) is 8.04. The monoisotopic (exact) mass is 234 g/mol. The molecule has 3 nitrogen and oxygen atoms in total. The number of likely N-dealkylation sites (N-methyl/N-ethyl adjacent to an activating group) is 1. The van der Waals surface area contributed by atoms with Crippen molar-refractivity contribution in [3.8, 4) is 5.75 Å². The molecular formula is C14H22N2O. The second-order valence-electron chi connectivity index (χ2n) is 5.13. The maximum Gasteiger partial charge on any atom is 0.143 e. The largest absolute Gasteiger partial charge is 0.485 e. The van der Waals surface area contributed by atoms with Gasteiger partial charge in [-0.1, -0.05) is 19.9 Å². The van der Waals surface area contributed by atoms with Gasteiger partial charge < -0.3 is 15.4 Å². The van der Waals surface area contributed by atoms with Crippen LogP contribution in [0.5, 0.6) is 5.75 Å². The van der Waals surface area contributed by atoms with Crippen LogP contribution in [0.3, 0.4) is 0 Å². The van der Waals surface area contributed by atoms with E-state index in [1.165, 1.54) is 11.3 Å². The molecule has 0 aromatic heterocycles. The fourth-order valence-electron chi connectivity index (χ4n) is 2.24. The van der Waals surface area contributed by atoms with E-state index >= 15 is 0 Å². The van der Waals surface area contributed by atoms with Crippen molar-refractivity contribution in [3.63, 3.8) is 0 Å². The zero-order valence-electron chi connectivity index (χ0n) is 11.1. The molecule has 0 radical (unpaired) electrons. The molecule has 2 unspecified atom stereocenters. The lowest BCUT2D eigenvalue weighted by atomic mass is 10.00. The van der Waals surface area contributed by atoms with E-state index in [1.807, 2.05) is 0 Å². The maximum atomic E-state index is 5.93. The van der Waals surface area contributed by atoms with Crippen molar-refractivity contribution in [1.29, 1.82) is 0 Å². The fourth-order valence-corrected chi connectivity index (χ4v) is 2.24. The molecule has 0 aliphatic carbocycles. The average Bonchev–Trinajstić information content (AvgIpc) is 2.33. The Hall–Kier alpha value is -1.22. The highest BCUT2D eigenvalue weighted by atomic mass is 16.5. The molecule has 0 fully saturated rings. The third kappa shape index (κ3) is 2.12. The quantitative estimate of drug-likeness (QED) is 0.853. The molecule has 2 atom stereocenters. The minimum atomic E-state index is 0.0809. The molecule has 1 aromatic rings. The molecular weight excluding hydrogens is 212 g/mol. The van der Waals surface area contributed by atoms with Crippen molar-refractivity contribution >= 4 is 5.69 Å². The highest BCUT2D eigenvalue weighted by Crippen LogP contribution is 2.37. The number of hydrogen-bond donors (Lipinski definition) is 1. The summed E-state index contributed by atoms with van der Waals surface area (Å²) in [7, 11) is 2.11. The van der Waals surface area contributed by atoms with Crippen LogP contribution in [0.1, 0.15) is 32.3 Å². The summed E-state index contributed by atoms with van der Waals surface area (Å²) < 4.78 is 5.93. The molecule has 0 spiro atoms. The minimum Gasteiger partial charge on any atom is -0.485 e. The Morgan fingerprint density at radius 1 is 1.41 bits per heavy atom. The number of fused-ring (bicyclic) bond motifs is 1. The van der Waals surface area contributed by atoms with E-state index < -0.39 is 0 Å². The van der Waals surface area contributed by atoms with Gasteiger partial charge in [0.05, 0.1) is 11.7 Å². The van der Waals surface area contributed by atoms with Crippen LogP contribution in [-0.4, -0.2) is 25.7 Å². The van der Waals surface area contributed by atoms with Crippen molar-refractivity contribution < 1.29 is 4.74 Å². The molecule has 17 heavy (non-hydrogen) atoms. The summed E-state index contributed by atoms with van der Waals surface area (Å²) in [6.45, 7) is 7.12. The van der Waals surface area contributed by atoms with Crippen molar-refractivity contribution in [1.82, 2.24) is 0 Å². The van der Waals surface area contributed by atoms with Gasteiger partial charge in [-0.2, -0.15) is 0 Å². The summed E-state index contributed by atoms with van der Waals surface area (Å²) in [5.41, 5.74) is 8.26. The summed E-state index contributed by atoms with van der Waals surface area (Å²) in [5, 5.41) is 0. The van der Waals surface area contributed by atoms with E-state index in [0.717, 1.165) is 5.75 Å². The third-order valence-corrected chi connectivity index (χ3v) is 3.69. The molecule has 0 bridgehead atoms. The lowest BCUT2D eigenvalue weighted by Gasteiger charge is -2.39. The van der Waals surface area contributed by atoms with E-state index in [2.05, 4.69) is 50.9 Å². The lowest BCUT2D eigenvalue weighted by molar-refractivity contribution is 0.168. The highest BCUT2D eigenvalue weighted by Gasteiger charge is 2.29. The summed E-state index contributed by atoms with van der Waals surface area (Å²) in [5.74, 6) is 1.49. The molecule has 0 amide bonds. The van der Waals surface area contributed by atoms with Gasteiger partial charge >= 0.3 is 0 Å². The third-order valence-electron chi connectivity index (χ3n) is 3.69. The molecule has 2 rings (SSSR count). The Morgan fingerprint density at radius 3 is 2.71 bits per heavy atom. The van der Waals surface area contributed by atoms with Crippen LogP contribution in [0, 0.1) is 0 Å². The normalized spacial score (nSPS) is 23.5. The van der Waals surface area contributed by atoms with Gasteiger partial charge in [-0.05, 0) is 30.5 Å². The number of nitrogens with zero attached hydrogens (tertiary/aromatic N) is 1. The van der Waals surface area contributed by atoms with Crippen LogP contribution in [-0.2, 0) is 0 Å². The maximum absolute atomic E-state index is 5.93. The van der Waals surface area contributed by atoms with Crippen LogP contribution in [0.2, 0.25) is 0 Å². The number of nitrogens with two attached hydrogens (primary N) is 1. The summed E-state index contributed by atoms with van der Waals surface area (Å²) in [6.07, 6.45) is 0.0809. The van der Waals surface area contributed by atoms with Crippen LogP contribution in [0.4, 0.5) is 5.69 Å². The zero-order chi connectivity index (χ0) is 12.6. The first-order valence-electron chi connectivity index (χ1n) is 6.28. The number of benzene rings is 1. The summed E-state index contributed by atoms with van der Waals surface area (Å²) in [6, 6.07) is 6.75. The number of hydrogen-bond acceptors (Lipinski definition) is 3. The second kappa shape index (κ2) is 4.57. The highest BCUT2D eigenvalue weighted by molar-refractivity contribution is 5.62. The van der Waals surface area contributed by atoms with E-state index in [4.69, 9.17) is 10.5 Å². The van der Waals surface area contributed by atoms with E-state index in [-0.39, 0.29) is 6.10 Å². The van der Waals surface area contributed by atoms with Crippen molar-refractivity contribution in [2.75, 3.05) is 18.5 Å². The van der Waals surface area contributed by atoms with Gasteiger partial charge in [0.15, 0.2) is 0 Å². The fraction of sp³-hybridized carbons (Fsp3) is 0.571. The SMILES string of the molecule is CC(C)c1ccc2c(c1)N(C)C(C)C(CN)O2. The first-order valence-corrected chi connectivity index (χ1v) is 6.28. The predicted octanol–water partition coefficient (Wildman–Crippen LogP) is 2.35. The van der Waals surface area contributed by atoms with Gasteiger partial charge in [0.25, 0.3) is 0 Å². The Morgan fingerprint density at radius 2 is 2.12 bits per heavy atom.